The van der Waals surface area contributed by atoms with Crippen LogP contribution in [-0.2, 0) is 4.79 Å². The Labute approximate surface area is 163 Å². The van der Waals surface area contributed by atoms with Gasteiger partial charge in [-0.05, 0) is 49.9 Å². The van der Waals surface area contributed by atoms with Gasteiger partial charge in [0.2, 0.25) is 5.91 Å². The van der Waals surface area contributed by atoms with Gasteiger partial charge < -0.3 is 20.1 Å². The molecule has 1 aliphatic heterocycles. The molecule has 1 atom stereocenters. The Hall–Kier alpha value is -1.67. The number of ether oxygens (including phenoxy) is 2. The van der Waals surface area contributed by atoms with E-state index in [1.165, 1.54) is 19.2 Å². The van der Waals surface area contributed by atoms with Gasteiger partial charge in [-0.25, -0.2) is 0 Å². The largest absolute Gasteiger partial charge is 0.493 e. The molecule has 2 N–H and O–H groups in total. The van der Waals surface area contributed by atoms with Gasteiger partial charge in [0.1, 0.15) is 0 Å². The van der Waals surface area contributed by atoms with Crippen molar-refractivity contribution in [2.24, 2.45) is 11.8 Å². The number of methoxy groups -OCH3 is 1. The average molecular weight is 411 g/mol. The molecule has 1 aromatic carbocycles. The summed E-state index contributed by atoms with van der Waals surface area (Å²) in [5, 5.41) is 6.03. The summed E-state index contributed by atoms with van der Waals surface area (Å²) in [6, 6.07) is 4.39. The molecule has 2 rings (SSSR count). The normalized spacial score (nSPS) is 16.2. The zero-order valence-corrected chi connectivity index (χ0v) is 16.2. The molecule has 0 saturated carbocycles. The highest BCUT2D eigenvalue weighted by atomic mass is 35.5. The molecule has 0 aromatic heterocycles. The third-order valence-corrected chi connectivity index (χ3v) is 4.53. The quantitative estimate of drug-likeness (QED) is 0.712. The van der Waals surface area contributed by atoms with E-state index in [1.807, 2.05) is 0 Å². The van der Waals surface area contributed by atoms with E-state index >= 15 is 0 Å². The van der Waals surface area contributed by atoms with Crippen molar-refractivity contribution in [3.8, 4) is 11.5 Å². The molecule has 1 heterocycles. The molecule has 1 fully saturated rings. The topological polar surface area (TPSA) is 59.6 Å². The summed E-state index contributed by atoms with van der Waals surface area (Å²) in [4.78, 5) is 12.3. The molecule has 1 amide bonds. The van der Waals surface area contributed by atoms with Gasteiger partial charge in [-0.3, -0.25) is 4.79 Å². The van der Waals surface area contributed by atoms with E-state index in [-0.39, 0.29) is 35.7 Å². The molecule has 0 radical (unpaired) electrons. The fraction of sp³-hybridized carbons (Fsp3) is 0.611. The number of carbonyl (C=O) groups excluding carboxylic acids is 1. The number of carbonyl (C=O) groups is 1. The molecule has 1 saturated heterocycles. The van der Waals surface area contributed by atoms with Crippen LogP contribution in [0.1, 0.15) is 26.2 Å². The maximum absolute atomic E-state index is 12.4. The summed E-state index contributed by atoms with van der Waals surface area (Å²) in [6.07, 6.45) is -1.98. The van der Waals surface area contributed by atoms with Crippen molar-refractivity contribution in [1.82, 2.24) is 5.32 Å². The van der Waals surface area contributed by atoms with Crippen molar-refractivity contribution in [2.75, 3.05) is 32.1 Å². The Morgan fingerprint density at radius 3 is 2.56 bits per heavy atom. The first-order chi connectivity index (χ1) is 12.3. The van der Waals surface area contributed by atoms with Gasteiger partial charge in [-0.1, -0.05) is 6.92 Å². The van der Waals surface area contributed by atoms with Crippen LogP contribution in [0.2, 0.25) is 0 Å². The Kier molecular flexibility index (Phi) is 9.18. The first kappa shape index (κ1) is 23.4. The maximum atomic E-state index is 12.4. The van der Waals surface area contributed by atoms with E-state index in [4.69, 9.17) is 9.47 Å². The van der Waals surface area contributed by atoms with Crippen LogP contribution in [0.15, 0.2) is 18.2 Å². The molecule has 1 unspecified atom stereocenters. The van der Waals surface area contributed by atoms with Gasteiger partial charge in [0.05, 0.1) is 7.11 Å². The number of hydrogen-bond acceptors (Lipinski definition) is 4. The number of amides is 1. The van der Waals surface area contributed by atoms with Crippen LogP contribution >= 0.6 is 12.4 Å². The summed E-state index contributed by atoms with van der Waals surface area (Å²) in [5.74, 6) is 0.701. The standard InChI is InChI=1S/C18H25F3N2O3.ClH/c1-12(13-5-7-22-8-6-13)9-17(24)23-14-3-4-15(25-2)16(10-14)26-11-18(19,20)21;/h3-4,10,12-13,22H,5-9,11H2,1-2H3,(H,23,24);1H. The van der Waals surface area contributed by atoms with Crippen molar-refractivity contribution in [3.05, 3.63) is 18.2 Å². The fourth-order valence-corrected chi connectivity index (χ4v) is 3.11. The SMILES string of the molecule is COc1ccc(NC(=O)CC(C)C2CCNCC2)cc1OCC(F)(F)F.Cl. The van der Waals surface area contributed by atoms with E-state index in [2.05, 4.69) is 17.6 Å². The first-order valence-electron chi connectivity index (χ1n) is 8.66. The van der Waals surface area contributed by atoms with Crippen LogP contribution < -0.4 is 20.1 Å². The Balaban J connectivity index is 0.00000364. The van der Waals surface area contributed by atoms with Crippen molar-refractivity contribution < 1.29 is 27.4 Å². The summed E-state index contributed by atoms with van der Waals surface area (Å²) in [7, 11) is 1.34. The summed E-state index contributed by atoms with van der Waals surface area (Å²) < 4.78 is 46.9. The highest BCUT2D eigenvalue weighted by molar-refractivity contribution is 5.91. The summed E-state index contributed by atoms with van der Waals surface area (Å²) >= 11 is 0. The molecular weight excluding hydrogens is 385 g/mol. The molecule has 27 heavy (non-hydrogen) atoms. The molecule has 0 aliphatic carbocycles. The van der Waals surface area contributed by atoms with E-state index in [1.54, 1.807) is 6.07 Å². The smallest absolute Gasteiger partial charge is 0.422 e. The summed E-state index contributed by atoms with van der Waals surface area (Å²) in [6.45, 7) is 2.57. The summed E-state index contributed by atoms with van der Waals surface area (Å²) in [5.41, 5.74) is 0.380. The zero-order chi connectivity index (χ0) is 19.2. The van der Waals surface area contributed by atoms with Crippen molar-refractivity contribution in [3.63, 3.8) is 0 Å². The molecular formula is C18H26ClF3N2O3. The van der Waals surface area contributed by atoms with Gasteiger partial charge in [-0.2, -0.15) is 13.2 Å². The third-order valence-electron chi connectivity index (χ3n) is 4.53. The molecule has 0 bridgehead atoms. The van der Waals surface area contributed by atoms with Crippen LogP contribution in [0.5, 0.6) is 11.5 Å². The molecule has 1 aliphatic rings. The van der Waals surface area contributed by atoms with Crippen LogP contribution in [0.4, 0.5) is 18.9 Å². The van der Waals surface area contributed by atoms with E-state index < -0.39 is 12.8 Å². The number of halogens is 4. The lowest BCUT2D eigenvalue weighted by Gasteiger charge is -2.27. The van der Waals surface area contributed by atoms with Crippen LogP contribution in [0.25, 0.3) is 0 Å². The number of benzene rings is 1. The second kappa shape index (κ2) is 10.6. The molecule has 154 valence electrons. The number of nitrogens with one attached hydrogen (secondary N) is 2. The zero-order valence-electron chi connectivity index (χ0n) is 15.4. The Bertz CT molecular complexity index is 608. The van der Waals surface area contributed by atoms with Crippen LogP contribution in [0.3, 0.4) is 0 Å². The predicted molar refractivity (Wildman–Crippen MR) is 99.8 cm³/mol. The van der Waals surface area contributed by atoms with Crippen molar-refractivity contribution >= 4 is 24.0 Å². The van der Waals surface area contributed by atoms with E-state index in [0.717, 1.165) is 25.9 Å². The highest BCUT2D eigenvalue weighted by Crippen LogP contribution is 2.32. The molecule has 1 aromatic rings. The number of anilines is 1. The van der Waals surface area contributed by atoms with Crippen molar-refractivity contribution in [2.45, 2.75) is 32.4 Å². The van der Waals surface area contributed by atoms with Crippen LogP contribution in [0, 0.1) is 11.8 Å². The van der Waals surface area contributed by atoms with Gasteiger partial charge in [0, 0.05) is 18.2 Å². The van der Waals surface area contributed by atoms with Gasteiger partial charge in [0.15, 0.2) is 18.1 Å². The Morgan fingerprint density at radius 1 is 1.30 bits per heavy atom. The second-order valence-corrected chi connectivity index (χ2v) is 6.59. The third kappa shape index (κ3) is 7.84. The minimum atomic E-state index is -4.45. The molecule has 5 nitrogen and oxygen atoms in total. The lowest BCUT2D eigenvalue weighted by Crippen LogP contribution is -2.32. The van der Waals surface area contributed by atoms with Gasteiger partial charge >= 0.3 is 6.18 Å². The fourth-order valence-electron chi connectivity index (χ4n) is 3.11. The van der Waals surface area contributed by atoms with Gasteiger partial charge in [0.25, 0.3) is 0 Å². The molecule has 9 heteroatoms. The number of hydrogen-bond donors (Lipinski definition) is 2. The predicted octanol–water partition coefficient (Wildman–Crippen LogP) is 4.02. The Morgan fingerprint density at radius 2 is 1.96 bits per heavy atom. The second-order valence-electron chi connectivity index (χ2n) is 6.59. The molecule has 0 spiro atoms. The lowest BCUT2D eigenvalue weighted by molar-refractivity contribution is -0.153. The number of alkyl halides is 3. The minimum Gasteiger partial charge on any atom is -0.493 e. The monoisotopic (exact) mass is 410 g/mol. The van der Waals surface area contributed by atoms with Crippen molar-refractivity contribution in [1.29, 1.82) is 0 Å². The average Bonchev–Trinajstić information content (AvgIpc) is 2.60. The number of rotatable bonds is 7. The number of piperidine rings is 1. The van der Waals surface area contributed by atoms with E-state index in [9.17, 15) is 18.0 Å². The van der Waals surface area contributed by atoms with Gasteiger partial charge in [-0.15, -0.1) is 12.4 Å². The first-order valence-corrected chi connectivity index (χ1v) is 8.66. The maximum Gasteiger partial charge on any atom is 0.422 e. The van der Waals surface area contributed by atoms with Crippen LogP contribution in [-0.4, -0.2) is 38.9 Å². The van der Waals surface area contributed by atoms with E-state index in [0.29, 0.717) is 18.0 Å². The minimum absolute atomic E-state index is 0. The highest BCUT2D eigenvalue weighted by Gasteiger charge is 2.29. The lowest BCUT2D eigenvalue weighted by atomic mass is 9.84.